The fraction of sp³-hybridized carbons (Fsp3) is 0.400. The van der Waals surface area contributed by atoms with Gasteiger partial charge in [-0.15, -0.1) is 0 Å². The fourth-order valence-corrected chi connectivity index (χ4v) is 5.04. The predicted octanol–water partition coefficient (Wildman–Crippen LogP) is 3.84. The zero-order chi connectivity index (χ0) is 18.2. The molecule has 134 valence electrons. The first kappa shape index (κ1) is 18.0. The first-order valence-corrected chi connectivity index (χ1v) is 10.1. The Kier molecular flexibility index (Phi) is 4.89. The highest BCUT2D eigenvalue weighted by molar-refractivity contribution is 7.89. The lowest BCUT2D eigenvalue weighted by molar-refractivity contribution is 0.411. The van der Waals surface area contributed by atoms with E-state index in [1.165, 1.54) is 17.5 Å². The molecule has 2 aromatic rings. The maximum absolute atomic E-state index is 12.9. The van der Waals surface area contributed by atoms with E-state index in [4.69, 9.17) is 4.74 Å². The summed E-state index contributed by atoms with van der Waals surface area (Å²) in [5.74, 6) is 0.697. The summed E-state index contributed by atoms with van der Waals surface area (Å²) in [7, 11) is -2.02. The van der Waals surface area contributed by atoms with E-state index in [1.807, 2.05) is 19.9 Å². The number of methoxy groups -OCH3 is 1. The van der Waals surface area contributed by atoms with Crippen LogP contribution < -0.4 is 9.46 Å². The molecular formula is C20H25NO3S. The van der Waals surface area contributed by atoms with Crippen LogP contribution in [0, 0.1) is 13.8 Å². The van der Waals surface area contributed by atoms with Gasteiger partial charge in [0.05, 0.1) is 12.0 Å². The molecule has 0 bridgehead atoms. The van der Waals surface area contributed by atoms with Crippen molar-refractivity contribution in [2.45, 2.75) is 51.0 Å². The monoisotopic (exact) mass is 359 g/mol. The van der Waals surface area contributed by atoms with E-state index in [-0.39, 0.29) is 6.04 Å². The van der Waals surface area contributed by atoms with Gasteiger partial charge in [0.1, 0.15) is 5.75 Å². The van der Waals surface area contributed by atoms with Crippen molar-refractivity contribution in [2.24, 2.45) is 0 Å². The second-order valence-electron chi connectivity index (χ2n) is 6.81. The second kappa shape index (κ2) is 6.81. The Morgan fingerprint density at radius 1 is 1.04 bits per heavy atom. The molecule has 1 aliphatic rings. The van der Waals surface area contributed by atoms with Crippen LogP contribution in [0.15, 0.2) is 35.2 Å². The zero-order valence-corrected chi connectivity index (χ0v) is 16.0. The van der Waals surface area contributed by atoms with Crippen LogP contribution in [0.1, 0.15) is 47.2 Å². The number of aryl methyl sites for hydroxylation is 4. The Morgan fingerprint density at radius 3 is 2.48 bits per heavy atom. The molecule has 4 nitrogen and oxygen atoms in total. The molecule has 1 N–H and O–H groups in total. The number of ether oxygens (including phenoxy) is 1. The van der Waals surface area contributed by atoms with Crippen LogP contribution in [-0.2, 0) is 22.9 Å². The van der Waals surface area contributed by atoms with Crippen LogP contribution in [-0.4, -0.2) is 15.5 Å². The smallest absolute Gasteiger partial charge is 0.241 e. The molecule has 0 amide bonds. The first-order valence-electron chi connectivity index (χ1n) is 8.61. The number of fused-ring (bicyclic) bond motifs is 1. The van der Waals surface area contributed by atoms with Gasteiger partial charge >= 0.3 is 0 Å². The summed E-state index contributed by atoms with van der Waals surface area (Å²) in [4.78, 5) is 0.304. The van der Waals surface area contributed by atoms with Gasteiger partial charge in [0.2, 0.25) is 10.0 Å². The van der Waals surface area contributed by atoms with E-state index in [2.05, 4.69) is 16.9 Å². The van der Waals surface area contributed by atoms with Crippen LogP contribution in [0.5, 0.6) is 5.75 Å². The van der Waals surface area contributed by atoms with E-state index in [9.17, 15) is 8.42 Å². The summed E-state index contributed by atoms with van der Waals surface area (Å²) in [6, 6.07) is 9.46. The molecule has 0 unspecified atom stereocenters. The van der Waals surface area contributed by atoms with Crippen LogP contribution >= 0.6 is 0 Å². The van der Waals surface area contributed by atoms with E-state index in [0.717, 1.165) is 24.0 Å². The highest BCUT2D eigenvalue weighted by Gasteiger charge is 2.22. The van der Waals surface area contributed by atoms with Gasteiger partial charge in [0, 0.05) is 6.04 Å². The van der Waals surface area contributed by atoms with Crippen molar-refractivity contribution in [2.75, 3.05) is 7.11 Å². The lowest BCUT2D eigenvalue weighted by Crippen LogP contribution is -2.27. The number of hydrogen-bond acceptors (Lipinski definition) is 3. The fourth-order valence-electron chi connectivity index (χ4n) is 3.50. The molecule has 0 fully saturated rings. The van der Waals surface area contributed by atoms with Crippen molar-refractivity contribution in [3.05, 3.63) is 58.1 Å². The van der Waals surface area contributed by atoms with Crippen molar-refractivity contribution in [3.63, 3.8) is 0 Å². The van der Waals surface area contributed by atoms with Crippen molar-refractivity contribution in [1.82, 2.24) is 4.72 Å². The van der Waals surface area contributed by atoms with Gasteiger partial charge in [0.15, 0.2) is 0 Å². The summed E-state index contributed by atoms with van der Waals surface area (Å²) in [6.45, 7) is 5.53. The minimum atomic E-state index is -3.61. The summed E-state index contributed by atoms with van der Waals surface area (Å²) < 4.78 is 33.8. The predicted molar refractivity (Wildman–Crippen MR) is 99.7 cm³/mol. The molecule has 0 heterocycles. The number of hydrogen-bond donors (Lipinski definition) is 1. The molecule has 0 aliphatic heterocycles. The molecule has 1 aliphatic carbocycles. The molecule has 0 saturated carbocycles. The Hall–Kier alpha value is -1.85. The van der Waals surface area contributed by atoms with Gasteiger partial charge in [-0.1, -0.05) is 18.2 Å². The zero-order valence-electron chi connectivity index (χ0n) is 15.2. The highest BCUT2D eigenvalue weighted by Crippen LogP contribution is 2.28. The van der Waals surface area contributed by atoms with Crippen molar-refractivity contribution >= 4 is 10.0 Å². The molecule has 25 heavy (non-hydrogen) atoms. The first-order chi connectivity index (χ1) is 11.8. The minimum Gasteiger partial charge on any atom is -0.496 e. The quantitative estimate of drug-likeness (QED) is 0.882. The molecule has 1 atom stereocenters. The lowest BCUT2D eigenvalue weighted by atomic mass is 10.0. The Bertz CT molecular complexity index is 903. The maximum Gasteiger partial charge on any atom is 0.241 e. The molecule has 3 rings (SSSR count). The normalized spacial score (nSPS) is 15.0. The van der Waals surface area contributed by atoms with E-state index in [0.29, 0.717) is 16.2 Å². The van der Waals surface area contributed by atoms with E-state index < -0.39 is 10.0 Å². The van der Waals surface area contributed by atoms with Gasteiger partial charge < -0.3 is 4.74 Å². The van der Waals surface area contributed by atoms with Gasteiger partial charge in [0.25, 0.3) is 0 Å². The largest absolute Gasteiger partial charge is 0.496 e. The minimum absolute atomic E-state index is 0.280. The Balaban J connectivity index is 1.87. The molecule has 0 radical (unpaired) electrons. The molecular weight excluding hydrogens is 334 g/mol. The highest BCUT2D eigenvalue weighted by atomic mass is 32.2. The molecule has 0 spiro atoms. The number of rotatable bonds is 5. The Morgan fingerprint density at radius 2 is 1.76 bits per heavy atom. The molecule has 5 heteroatoms. The molecule has 0 aromatic heterocycles. The van der Waals surface area contributed by atoms with E-state index in [1.54, 1.807) is 26.2 Å². The van der Waals surface area contributed by atoms with Gasteiger partial charge in [-0.2, -0.15) is 0 Å². The summed E-state index contributed by atoms with van der Waals surface area (Å²) >= 11 is 0. The van der Waals surface area contributed by atoms with Crippen molar-refractivity contribution < 1.29 is 13.2 Å². The number of nitrogens with one attached hydrogen (secondary N) is 1. The van der Waals surface area contributed by atoms with Crippen LogP contribution in [0.25, 0.3) is 0 Å². The van der Waals surface area contributed by atoms with Gasteiger partial charge in [-0.3, -0.25) is 0 Å². The number of benzene rings is 2. The van der Waals surface area contributed by atoms with Crippen molar-refractivity contribution in [3.8, 4) is 5.75 Å². The second-order valence-corrected chi connectivity index (χ2v) is 8.49. The number of sulfonamides is 1. The average molecular weight is 359 g/mol. The van der Waals surface area contributed by atoms with Gasteiger partial charge in [-0.05, 0) is 80.0 Å². The Labute approximate surface area is 150 Å². The summed E-state index contributed by atoms with van der Waals surface area (Å²) in [5, 5.41) is 0. The topological polar surface area (TPSA) is 55.4 Å². The van der Waals surface area contributed by atoms with Crippen LogP contribution in [0.4, 0.5) is 0 Å². The maximum atomic E-state index is 12.9. The van der Waals surface area contributed by atoms with Crippen LogP contribution in [0.2, 0.25) is 0 Å². The third kappa shape index (κ3) is 3.58. The molecule has 0 saturated heterocycles. The van der Waals surface area contributed by atoms with Gasteiger partial charge in [-0.25, -0.2) is 13.1 Å². The average Bonchev–Trinajstić information content (AvgIpc) is 3.03. The summed E-state index contributed by atoms with van der Waals surface area (Å²) in [5.41, 5.74) is 5.22. The van der Waals surface area contributed by atoms with E-state index >= 15 is 0 Å². The lowest BCUT2D eigenvalue weighted by Gasteiger charge is -2.18. The standard InChI is InChI=1S/C20H25NO3S/c1-13-11-20(14(2)10-19(13)24-4)25(22,23)21-15(3)17-9-8-16-6-5-7-18(16)12-17/h8-12,15,21H,5-7H2,1-4H3/t15-/m0/s1. The van der Waals surface area contributed by atoms with Crippen molar-refractivity contribution in [1.29, 1.82) is 0 Å². The third-order valence-electron chi connectivity index (χ3n) is 4.94. The SMILES string of the molecule is COc1cc(C)c(S(=O)(=O)N[C@@H](C)c2ccc3c(c2)CCC3)cc1C. The molecule has 2 aromatic carbocycles. The third-order valence-corrected chi connectivity index (χ3v) is 6.62. The van der Waals surface area contributed by atoms with Crippen LogP contribution in [0.3, 0.4) is 0 Å². The summed E-state index contributed by atoms with van der Waals surface area (Å²) in [6.07, 6.45) is 3.39.